The monoisotopic (exact) mass is 722 g/mol. The van der Waals surface area contributed by atoms with E-state index in [0.717, 1.165) is 22.8 Å². The highest BCUT2D eigenvalue weighted by Gasteiger charge is 2.31. The lowest BCUT2D eigenvalue weighted by molar-refractivity contribution is -0.140. The van der Waals surface area contributed by atoms with E-state index in [9.17, 15) is 24.0 Å². The van der Waals surface area contributed by atoms with Gasteiger partial charge in [-0.05, 0) is 68.9 Å². The minimum absolute atomic E-state index is 0.172. The maximum atomic E-state index is 12.6. The highest BCUT2D eigenvalue weighted by atomic mass is 27.1. The van der Waals surface area contributed by atoms with Gasteiger partial charge in [0.05, 0.1) is 13.0 Å². The van der Waals surface area contributed by atoms with Crippen molar-refractivity contribution >= 4 is 50.4 Å². The summed E-state index contributed by atoms with van der Waals surface area (Å²) in [5.74, 6) is 1.00. The molecule has 0 aromatic heterocycles. The molecule has 1 radical (unpaired) electrons. The lowest BCUT2D eigenvalue weighted by atomic mass is 10.0. The van der Waals surface area contributed by atoms with Gasteiger partial charge in [0, 0.05) is 19.7 Å². The summed E-state index contributed by atoms with van der Waals surface area (Å²) in [5.41, 5.74) is 10.5. The van der Waals surface area contributed by atoms with Crippen molar-refractivity contribution in [2.75, 3.05) is 18.9 Å². The minimum atomic E-state index is -0.897. The number of benzene rings is 2. The van der Waals surface area contributed by atoms with Crippen molar-refractivity contribution < 1.29 is 24.0 Å². The van der Waals surface area contributed by atoms with Crippen LogP contribution in [-0.4, -0.2) is 74.8 Å². The van der Waals surface area contributed by atoms with Crippen LogP contribution in [0.25, 0.3) is 0 Å². The van der Waals surface area contributed by atoms with Gasteiger partial charge in [-0.1, -0.05) is 101 Å². The highest BCUT2D eigenvalue weighted by molar-refractivity contribution is 6.33. The third-order valence-electron chi connectivity index (χ3n) is 7.53. The molecule has 0 aliphatic carbocycles. The van der Waals surface area contributed by atoms with E-state index in [4.69, 9.17) is 5.73 Å². The molecule has 0 aliphatic rings. The van der Waals surface area contributed by atoms with E-state index < -0.39 is 23.4 Å². The standard InChI is InChI=1S/C27H34N3O3.C7H14N2O2.C3H8.C2H6.CH3.Al/c1-17(2)13-23-15-24(12-7-19(23)5)30-27(33)20(6)29-26(32)16-28-25(31)14-21-8-10-22(11-9-21)18(3)4;1-5(10)9(4)7(2,3)6(8)11;1-3-2;1-2;;/h7-12,15,18,20H,1,5,13-14,16H2,2-4,6H3,(H,28,31)(H,29,32)(H,30,33);1-4H3,(H2,8,11);3H2,1-2H3;1-2H3;1H3;. The first-order chi connectivity index (χ1) is 23.8. The van der Waals surface area contributed by atoms with E-state index in [1.54, 1.807) is 27.8 Å². The normalized spacial score (nSPS) is 10.7. The van der Waals surface area contributed by atoms with Crippen molar-refractivity contribution in [2.24, 2.45) is 5.73 Å². The average molecular weight is 723 g/mol. The van der Waals surface area contributed by atoms with E-state index in [1.807, 2.05) is 57.2 Å². The van der Waals surface area contributed by atoms with Crippen LogP contribution in [0.4, 0.5) is 5.69 Å². The molecule has 11 heteroatoms. The molecule has 0 spiro atoms. The number of nitrogens with zero attached hydrogens (tertiary/aromatic N) is 1. The van der Waals surface area contributed by atoms with Crippen LogP contribution in [0.2, 0.25) is 5.79 Å². The Hall–Kier alpha value is -3.94. The number of primary amides is 1. The van der Waals surface area contributed by atoms with Crippen LogP contribution in [0.15, 0.2) is 54.6 Å². The number of allylic oxidation sites excluding steroid dienone is 1. The van der Waals surface area contributed by atoms with E-state index in [0.29, 0.717) is 26.8 Å². The lowest BCUT2D eigenvalue weighted by Crippen LogP contribution is -2.53. The SMILES string of the molecule is C=C(C)Cc1cc(NC(=O)C(C)NC(=O)CNC(=O)Cc2ccc(C(C)C)cc2)ccc1[CH2][Al][CH3].CC.CC(=O)N(C)C(C)(C)C(N)=O.CCC. The Morgan fingerprint density at radius 3 is 1.88 bits per heavy atom. The van der Waals surface area contributed by atoms with E-state index >= 15 is 0 Å². The Balaban J connectivity index is 0. The summed E-state index contributed by atoms with van der Waals surface area (Å²) >= 11 is 0.340. The Kier molecular flexibility index (Phi) is 25.0. The number of likely N-dealkylation sites (N-methyl/N-ethyl adjacent to an activating group) is 1. The van der Waals surface area contributed by atoms with Gasteiger partial charge in [-0.3, -0.25) is 24.0 Å². The Morgan fingerprint density at radius 1 is 0.902 bits per heavy atom. The van der Waals surface area contributed by atoms with Gasteiger partial charge < -0.3 is 26.6 Å². The van der Waals surface area contributed by atoms with Gasteiger partial charge in [-0.25, -0.2) is 0 Å². The van der Waals surface area contributed by atoms with Crippen LogP contribution >= 0.6 is 0 Å². The summed E-state index contributed by atoms with van der Waals surface area (Å²) < 4.78 is 0. The lowest BCUT2D eigenvalue weighted by Gasteiger charge is -2.31. The zero-order valence-electron chi connectivity index (χ0n) is 33.6. The smallest absolute Gasteiger partial charge is 0.246 e. The van der Waals surface area contributed by atoms with Crippen LogP contribution in [-0.2, 0) is 42.1 Å². The second kappa shape index (κ2) is 25.9. The predicted molar refractivity (Wildman–Crippen MR) is 213 cm³/mol. The Bertz CT molecular complexity index is 1410. The fraction of sp³-hybridized carbons (Fsp3) is 0.525. The second-order valence-corrected chi connectivity index (χ2v) is 14.3. The molecule has 2 aromatic carbocycles. The molecule has 51 heavy (non-hydrogen) atoms. The second-order valence-electron chi connectivity index (χ2n) is 13.1. The van der Waals surface area contributed by atoms with Crippen LogP contribution < -0.4 is 21.7 Å². The van der Waals surface area contributed by atoms with Gasteiger partial charge in [-0.15, -0.1) is 5.79 Å². The fourth-order valence-corrected chi connectivity index (χ4v) is 5.07. The summed E-state index contributed by atoms with van der Waals surface area (Å²) in [7, 11) is 1.55. The molecule has 0 heterocycles. The molecule has 5 N–H and O–H groups in total. The molecule has 0 bridgehead atoms. The largest absolute Gasteiger partial charge is 0.368 e. The van der Waals surface area contributed by atoms with Gasteiger partial charge in [-0.2, -0.15) is 0 Å². The number of amides is 5. The van der Waals surface area contributed by atoms with Gasteiger partial charge in [0.1, 0.15) is 11.6 Å². The number of hydrogen-bond donors (Lipinski definition) is 4. The average Bonchev–Trinajstić information content (AvgIpc) is 3.06. The molecule has 1 unspecified atom stereocenters. The number of anilines is 1. The van der Waals surface area contributed by atoms with Gasteiger partial charge in [0.2, 0.25) is 44.8 Å². The molecule has 0 fully saturated rings. The zero-order valence-corrected chi connectivity index (χ0v) is 34.7. The Labute approximate surface area is 314 Å². The van der Waals surface area contributed by atoms with Crippen molar-refractivity contribution in [1.82, 2.24) is 15.5 Å². The number of nitrogens with one attached hydrogen (secondary N) is 3. The zero-order chi connectivity index (χ0) is 39.9. The summed E-state index contributed by atoms with van der Waals surface area (Å²) in [5, 5.41) is 9.19. The number of nitrogens with two attached hydrogens (primary N) is 1. The molecular weight excluding hydrogens is 657 g/mol. The molecule has 0 saturated heterocycles. The summed E-state index contributed by atoms with van der Waals surface area (Å²) in [6, 6.07) is 13.1. The van der Waals surface area contributed by atoms with E-state index in [1.165, 1.54) is 34.9 Å². The summed E-state index contributed by atoms with van der Waals surface area (Å²) in [6.45, 7) is 24.5. The Morgan fingerprint density at radius 2 is 1.45 bits per heavy atom. The van der Waals surface area contributed by atoms with Crippen molar-refractivity contribution in [3.8, 4) is 0 Å². The molecule has 283 valence electrons. The molecule has 2 rings (SSSR count). The third kappa shape index (κ3) is 19.9. The van der Waals surface area contributed by atoms with Crippen LogP contribution in [0.5, 0.6) is 0 Å². The third-order valence-corrected chi connectivity index (χ3v) is 8.38. The quantitative estimate of drug-likeness (QED) is 0.136. The van der Waals surface area contributed by atoms with Crippen molar-refractivity contribution in [3.63, 3.8) is 0 Å². The molecule has 2 aromatic rings. The number of hydrogen-bond acceptors (Lipinski definition) is 5. The van der Waals surface area contributed by atoms with Gasteiger partial charge in [0.25, 0.3) is 0 Å². The summed E-state index contributed by atoms with van der Waals surface area (Å²) in [6.07, 6.45) is 2.22. The predicted octanol–water partition coefficient (Wildman–Crippen LogP) is 6.15. The van der Waals surface area contributed by atoms with E-state index in [2.05, 4.69) is 62.1 Å². The highest BCUT2D eigenvalue weighted by Crippen LogP contribution is 2.20. The van der Waals surface area contributed by atoms with Crippen molar-refractivity contribution in [3.05, 3.63) is 76.9 Å². The molecule has 5 amide bonds. The molecule has 10 nitrogen and oxygen atoms in total. The number of carbonyl (C=O) groups is 5. The first-order valence-corrected chi connectivity index (χ1v) is 19.8. The van der Waals surface area contributed by atoms with E-state index in [-0.39, 0.29) is 30.7 Å². The number of rotatable bonds is 14. The molecule has 1 atom stereocenters. The van der Waals surface area contributed by atoms with Crippen LogP contribution in [0.1, 0.15) is 111 Å². The van der Waals surface area contributed by atoms with Crippen LogP contribution in [0, 0.1) is 0 Å². The van der Waals surface area contributed by atoms with Gasteiger partial charge >= 0.3 is 0 Å². The first kappa shape index (κ1) is 49.2. The summed E-state index contributed by atoms with van der Waals surface area (Å²) in [4.78, 5) is 60.0. The van der Waals surface area contributed by atoms with Crippen molar-refractivity contribution in [1.29, 1.82) is 0 Å². The fourth-order valence-electron chi connectivity index (χ4n) is 4.23. The van der Waals surface area contributed by atoms with Crippen LogP contribution in [0.3, 0.4) is 0 Å². The maximum Gasteiger partial charge on any atom is 0.246 e. The topological polar surface area (TPSA) is 151 Å². The maximum absolute atomic E-state index is 12.6. The first-order valence-electron chi connectivity index (χ1n) is 17.8. The van der Waals surface area contributed by atoms with Crippen molar-refractivity contribution in [2.45, 2.75) is 124 Å². The molecule has 0 aliphatic heterocycles. The molecule has 0 saturated carbocycles. The van der Waals surface area contributed by atoms with Gasteiger partial charge in [0.15, 0.2) is 0 Å². The minimum Gasteiger partial charge on any atom is -0.368 e. The molecular formula is C40H65AlN5O5. The number of carbonyl (C=O) groups excluding carboxylic acids is 5.